The molecule has 19 heavy (non-hydrogen) atoms. The molecule has 1 aromatic rings. The number of carbonyl (C=O) groups excluding carboxylic acids is 1. The standard InChI is InChI=1S/C11H11F3N2O2S/c1-10(2,3)18-9(17)6(4-15)8-16-7(5-19-8)11(12,13)14/h5-6H,1-3H3. The number of ether oxygens (including phenoxy) is 1. The van der Waals surface area contributed by atoms with Crippen molar-refractivity contribution in [1.29, 1.82) is 5.26 Å². The number of rotatable bonds is 2. The Balaban J connectivity index is 2.96. The van der Waals surface area contributed by atoms with Gasteiger partial charge in [0.25, 0.3) is 0 Å². The summed E-state index contributed by atoms with van der Waals surface area (Å²) >= 11 is 0.609. The Bertz CT molecular complexity index is 511. The Labute approximate surface area is 111 Å². The monoisotopic (exact) mass is 292 g/mol. The smallest absolute Gasteiger partial charge is 0.434 e. The van der Waals surface area contributed by atoms with Crippen LogP contribution in [0, 0.1) is 11.3 Å². The molecular formula is C11H11F3N2O2S. The Hall–Kier alpha value is -1.62. The van der Waals surface area contributed by atoms with Crippen molar-refractivity contribution in [2.75, 3.05) is 0 Å². The molecule has 0 spiro atoms. The molecule has 0 saturated carbocycles. The molecule has 0 N–H and O–H groups in total. The van der Waals surface area contributed by atoms with E-state index in [9.17, 15) is 18.0 Å². The van der Waals surface area contributed by atoms with Crippen LogP contribution in [0.1, 0.15) is 37.4 Å². The van der Waals surface area contributed by atoms with Crippen LogP contribution in [0.3, 0.4) is 0 Å². The quantitative estimate of drug-likeness (QED) is 0.786. The van der Waals surface area contributed by atoms with Gasteiger partial charge in [0.15, 0.2) is 11.6 Å². The number of nitriles is 1. The highest BCUT2D eigenvalue weighted by Gasteiger charge is 2.36. The molecule has 1 rings (SSSR count). The van der Waals surface area contributed by atoms with Crippen LogP contribution in [-0.2, 0) is 15.7 Å². The maximum absolute atomic E-state index is 12.4. The predicted octanol–water partition coefficient (Wildman–Crippen LogP) is 3.11. The average molecular weight is 292 g/mol. The molecular weight excluding hydrogens is 281 g/mol. The van der Waals surface area contributed by atoms with Crippen LogP contribution in [0.15, 0.2) is 5.38 Å². The molecule has 104 valence electrons. The van der Waals surface area contributed by atoms with Gasteiger partial charge >= 0.3 is 12.1 Å². The van der Waals surface area contributed by atoms with Gasteiger partial charge in [-0.1, -0.05) is 0 Å². The van der Waals surface area contributed by atoms with Crippen LogP contribution in [0.2, 0.25) is 0 Å². The molecule has 8 heteroatoms. The third-order valence-electron chi connectivity index (χ3n) is 1.83. The summed E-state index contributed by atoms with van der Waals surface area (Å²) in [4.78, 5) is 15.0. The van der Waals surface area contributed by atoms with Crippen LogP contribution < -0.4 is 0 Å². The molecule has 4 nitrogen and oxygen atoms in total. The summed E-state index contributed by atoms with van der Waals surface area (Å²) in [6, 6.07) is 1.61. The molecule has 1 atom stereocenters. The van der Waals surface area contributed by atoms with E-state index in [1.807, 2.05) is 0 Å². The van der Waals surface area contributed by atoms with E-state index < -0.39 is 29.4 Å². The lowest BCUT2D eigenvalue weighted by molar-refractivity contribution is -0.155. The normalized spacial score (nSPS) is 13.7. The Morgan fingerprint density at radius 1 is 1.47 bits per heavy atom. The van der Waals surface area contributed by atoms with E-state index in [-0.39, 0.29) is 5.01 Å². The van der Waals surface area contributed by atoms with Crippen LogP contribution in [0.4, 0.5) is 13.2 Å². The van der Waals surface area contributed by atoms with E-state index >= 15 is 0 Å². The second-order valence-corrected chi connectivity index (χ2v) is 5.55. The molecule has 1 unspecified atom stereocenters. The van der Waals surface area contributed by atoms with Crippen molar-refractivity contribution < 1.29 is 22.7 Å². The highest BCUT2D eigenvalue weighted by molar-refractivity contribution is 7.09. The fourth-order valence-electron chi connectivity index (χ4n) is 1.12. The number of hydrogen-bond donors (Lipinski definition) is 0. The van der Waals surface area contributed by atoms with Gasteiger partial charge in [0, 0.05) is 5.38 Å². The van der Waals surface area contributed by atoms with Gasteiger partial charge in [-0.3, -0.25) is 4.79 Å². The van der Waals surface area contributed by atoms with E-state index in [0.29, 0.717) is 11.3 Å². The number of hydrogen-bond acceptors (Lipinski definition) is 5. The molecule has 1 heterocycles. The van der Waals surface area contributed by atoms with Crippen LogP contribution >= 0.6 is 11.3 Å². The summed E-state index contributed by atoms with van der Waals surface area (Å²) in [6.07, 6.45) is -4.59. The molecule has 0 bridgehead atoms. The van der Waals surface area contributed by atoms with E-state index in [0.717, 1.165) is 5.38 Å². The first kappa shape index (κ1) is 15.4. The lowest BCUT2D eigenvalue weighted by Gasteiger charge is -2.20. The number of nitrogens with zero attached hydrogens (tertiary/aromatic N) is 2. The summed E-state index contributed by atoms with van der Waals surface area (Å²) < 4.78 is 42.1. The number of aromatic nitrogens is 1. The van der Waals surface area contributed by atoms with Gasteiger partial charge < -0.3 is 4.74 Å². The number of halogens is 3. The lowest BCUT2D eigenvalue weighted by atomic mass is 10.1. The fourth-order valence-corrected chi connectivity index (χ4v) is 1.97. The molecule has 0 amide bonds. The highest BCUT2D eigenvalue weighted by atomic mass is 32.1. The molecule has 0 aliphatic carbocycles. The van der Waals surface area contributed by atoms with Crippen molar-refractivity contribution in [1.82, 2.24) is 4.98 Å². The summed E-state index contributed by atoms with van der Waals surface area (Å²) in [7, 11) is 0. The number of carbonyl (C=O) groups is 1. The van der Waals surface area contributed by atoms with Crippen molar-refractivity contribution in [3.05, 3.63) is 16.1 Å². The van der Waals surface area contributed by atoms with Crippen molar-refractivity contribution in [3.63, 3.8) is 0 Å². The molecule has 0 saturated heterocycles. The second kappa shape index (κ2) is 5.17. The largest absolute Gasteiger partial charge is 0.459 e. The number of esters is 1. The third-order valence-corrected chi connectivity index (χ3v) is 2.74. The minimum absolute atomic E-state index is 0.218. The van der Waals surface area contributed by atoms with Gasteiger partial charge in [-0.25, -0.2) is 4.98 Å². The first-order chi connectivity index (χ1) is 8.54. The minimum atomic E-state index is -4.59. The topological polar surface area (TPSA) is 63.0 Å². The molecule has 0 aliphatic heterocycles. The van der Waals surface area contributed by atoms with Crippen LogP contribution in [-0.4, -0.2) is 16.6 Å². The van der Waals surface area contributed by atoms with Crippen molar-refractivity contribution in [2.45, 2.75) is 38.5 Å². The van der Waals surface area contributed by atoms with Crippen molar-refractivity contribution in [3.8, 4) is 6.07 Å². The third kappa shape index (κ3) is 4.21. The van der Waals surface area contributed by atoms with Crippen LogP contribution in [0.25, 0.3) is 0 Å². The Morgan fingerprint density at radius 2 is 2.05 bits per heavy atom. The minimum Gasteiger partial charge on any atom is -0.459 e. The maximum Gasteiger partial charge on any atom is 0.434 e. The zero-order chi connectivity index (χ0) is 14.8. The summed E-state index contributed by atoms with van der Waals surface area (Å²) in [6.45, 7) is 4.80. The van der Waals surface area contributed by atoms with E-state index in [1.165, 1.54) is 0 Å². The lowest BCUT2D eigenvalue weighted by Crippen LogP contribution is -2.27. The molecule has 0 aromatic carbocycles. The van der Waals surface area contributed by atoms with Gasteiger partial charge in [0.05, 0.1) is 6.07 Å². The molecule has 0 radical (unpaired) electrons. The number of alkyl halides is 3. The van der Waals surface area contributed by atoms with Gasteiger partial charge in [0.1, 0.15) is 10.6 Å². The zero-order valence-corrected chi connectivity index (χ0v) is 11.2. The van der Waals surface area contributed by atoms with E-state index in [4.69, 9.17) is 10.00 Å². The maximum atomic E-state index is 12.4. The van der Waals surface area contributed by atoms with Crippen molar-refractivity contribution in [2.24, 2.45) is 0 Å². The molecule has 0 fully saturated rings. The van der Waals surface area contributed by atoms with E-state index in [1.54, 1.807) is 26.8 Å². The first-order valence-electron chi connectivity index (χ1n) is 5.19. The zero-order valence-electron chi connectivity index (χ0n) is 10.4. The Morgan fingerprint density at radius 3 is 2.42 bits per heavy atom. The highest BCUT2D eigenvalue weighted by Crippen LogP contribution is 2.32. The second-order valence-electron chi connectivity index (χ2n) is 4.66. The average Bonchev–Trinajstić information content (AvgIpc) is 2.64. The SMILES string of the molecule is CC(C)(C)OC(=O)C(C#N)c1nc(C(F)(F)F)cs1. The summed E-state index contributed by atoms with van der Waals surface area (Å²) in [5.74, 6) is -2.35. The Kier molecular flexibility index (Phi) is 4.20. The number of thiazole rings is 1. The molecule has 0 aliphatic rings. The summed E-state index contributed by atoms with van der Waals surface area (Å²) in [5, 5.41) is 9.44. The van der Waals surface area contributed by atoms with E-state index in [2.05, 4.69) is 4.98 Å². The first-order valence-corrected chi connectivity index (χ1v) is 6.07. The van der Waals surface area contributed by atoms with Gasteiger partial charge in [-0.15, -0.1) is 11.3 Å². The summed E-state index contributed by atoms with van der Waals surface area (Å²) in [5.41, 5.74) is -1.94. The van der Waals surface area contributed by atoms with Gasteiger partial charge in [-0.05, 0) is 20.8 Å². The van der Waals surface area contributed by atoms with Gasteiger partial charge in [-0.2, -0.15) is 18.4 Å². The van der Waals surface area contributed by atoms with Gasteiger partial charge in [0.2, 0.25) is 0 Å². The van der Waals surface area contributed by atoms with Crippen LogP contribution in [0.5, 0.6) is 0 Å². The predicted molar refractivity (Wildman–Crippen MR) is 61.3 cm³/mol. The molecule has 1 aromatic heterocycles. The fraction of sp³-hybridized carbons (Fsp3) is 0.545. The van der Waals surface area contributed by atoms with Crippen molar-refractivity contribution >= 4 is 17.3 Å².